The first kappa shape index (κ1) is 20.6. The van der Waals surface area contributed by atoms with E-state index in [2.05, 4.69) is 21.9 Å². The van der Waals surface area contributed by atoms with Gasteiger partial charge in [-0.3, -0.25) is 9.48 Å². The number of nitrogen functional groups attached to an aromatic ring is 1. The van der Waals surface area contributed by atoms with Gasteiger partial charge < -0.3 is 10.6 Å². The Kier molecular flexibility index (Phi) is 5.23. The second-order valence-electron chi connectivity index (χ2n) is 7.87. The van der Waals surface area contributed by atoms with Gasteiger partial charge in [-0.05, 0) is 24.3 Å². The number of nitrogens with zero attached hydrogens (tertiary/aromatic N) is 4. The normalized spacial score (nSPS) is 13.5. The molecule has 5 rings (SSSR count). The number of benzene rings is 2. The summed E-state index contributed by atoms with van der Waals surface area (Å²) in [6, 6.07) is 14.7. The predicted molar refractivity (Wildman–Crippen MR) is 120 cm³/mol. The highest BCUT2D eigenvalue weighted by Gasteiger charge is 2.36. The fourth-order valence-electron chi connectivity index (χ4n) is 3.98. The van der Waals surface area contributed by atoms with E-state index >= 15 is 0 Å². The first-order valence-corrected chi connectivity index (χ1v) is 10.4. The van der Waals surface area contributed by atoms with Gasteiger partial charge >= 0.3 is 0 Å². The minimum absolute atomic E-state index is 0.168. The maximum atomic E-state index is 14.8. The Labute approximate surface area is 188 Å². The van der Waals surface area contributed by atoms with E-state index in [1.165, 1.54) is 23.0 Å². The zero-order chi connectivity index (χ0) is 22.9. The van der Waals surface area contributed by atoms with E-state index in [1.54, 1.807) is 11.0 Å². The molecule has 6 nitrogen and oxygen atoms in total. The number of anilines is 1. The molecule has 1 aliphatic heterocycles. The minimum Gasteiger partial charge on any atom is -0.384 e. The second-order valence-corrected chi connectivity index (χ2v) is 7.87. The molecule has 1 aliphatic rings. The van der Waals surface area contributed by atoms with Crippen LogP contribution in [0.1, 0.15) is 27.5 Å². The molecule has 2 aromatic carbocycles. The molecule has 2 aromatic heterocycles. The second kappa shape index (κ2) is 8.36. The summed E-state index contributed by atoms with van der Waals surface area (Å²) in [5.74, 6) is 4.62. The number of carbonyl (C=O) groups excluding carboxylic acids is 1. The van der Waals surface area contributed by atoms with E-state index in [9.17, 15) is 13.6 Å². The summed E-state index contributed by atoms with van der Waals surface area (Å²) in [5, 5.41) is 4.83. The van der Waals surface area contributed by atoms with Gasteiger partial charge in [-0.15, -0.1) is 0 Å². The van der Waals surface area contributed by atoms with Gasteiger partial charge in [-0.2, -0.15) is 5.10 Å². The topological polar surface area (TPSA) is 77.0 Å². The van der Waals surface area contributed by atoms with Gasteiger partial charge in [0.1, 0.15) is 24.0 Å². The van der Waals surface area contributed by atoms with Gasteiger partial charge in [0, 0.05) is 48.5 Å². The summed E-state index contributed by atoms with van der Waals surface area (Å²) in [6.45, 7) is 0.930. The molecule has 33 heavy (non-hydrogen) atoms. The summed E-state index contributed by atoms with van der Waals surface area (Å²) in [5.41, 5.74) is 7.80. The van der Waals surface area contributed by atoms with Crippen LogP contribution < -0.4 is 5.73 Å². The predicted octanol–water partition coefficient (Wildman–Crippen LogP) is 3.58. The van der Waals surface area contributed by atoms with Gasteiger partial charge in [0.2, 0.25) is 0 Å². The summed E-state index contributed by atoms with van der Waals surface area (Å²) < 4.78 is 30.3. The van der Waals surface area contributed by atoms with Crippen LogP contribution >= 0.6 is 0 Å². The van der Waals surface area contributed by atoms with E-state index in [1.807, 2.05) is 30.3 Å². The van der Waals surface area contributed by atoms with Crippen molar-refractivity contribution in [3.63, 3.8) is 0 Å². The molecule has 0 bridgehead atoms. The van der Waals surface area contributed by atoms with Crippen molar-refractivity contribution in [1.29, 1.82) is 0 Å². The van der Waals surface area contributed by atoms with E-state index < -0.39 is 11.6 Å². The number of pyridine rings is 1. The van der Waals surface area contributed by atoms with E-state index in [4.69, 9.17) is 5.73 Å². The first-order chi connectivity index (χ1) is 16.0. The molecule has 8 heteroatoms. The molecule has 0 radical (unpaired) electrons. The number of amides is 1. The quantitative estimate of drug-likeness (QED) is 0.491. The molecular formula is C25H19F2N5O. The first-order valence-electron chi connectivity index (χ1n) is 10.4. The van der Waals surface area contributed by atoms with Crippen molar-refractivity contribution >= 4 is 22.6 Å². The van der Waals surface area contributed by atoms with Crippen molar-refractivity contribution in [3.8, 4) is 11.8 Å². The number of aromatic nitrogens is 3. The van der Waals surface area contributed by atoms with Gasteiger partial charge in [-0.1, -0.05) is 30.0 Å². The van der Waals surface area contributed by atoms with Crippen molar-refractivity contribution in [2.45, 2.75) is 12.5 Å². The molecule has 1 fully saturated rings. The third kappa shape index (κ3) is 4.01. The number of nitrogens with two attached hydrogens (primary N) is 1. The zero-order valence-electron chi connectivity index (χ0n) is 17.5. The summed E-state index contributed by atoms with van der Waals surface area (Å²) in [6.07, 6.45) is 1.48. The number of rotatable bonds is 3. The molecular weight excluding hydrogens is 424 g/mol. The molecule has 2 N–H and O–H groups in total. The van der Waals surface area contributed by atoms with Crippen LogP contribution in [0, 0.1) is 23.5 Å². The van der Waals surface area contributed by atoms with Crippen LogP contribution in [-0.4, -0.2) is 38.7 Å². The van der Waals surface area contributed by atoms with E-state index in [-0.39, 0.29) is 29.6 Å². The molecule has 0 spiro atoms. The minimum atomic E-state index is -0.676. The maximum absolute atomic E-state index is 14.8. The Morgan fingerprint density at radius 1 is 1.12 bits per heavy atom. The smallest absolute Gasteiger partial charge is 0.254 e. The Morgan fingerprint density at radius 2 is 1.91 bits per heavy atom. The molecule has 1 amide bonds. The average molecular weight is 443 g/mol. The highest BCUT2D eigenvalue weighted by atomic mass is 19.1. The molecule has 1 saturated heterocycles. The van der Waals surface area contributed by atoms with Crippen LogP contribution in [0.3, 0.4) is 0 Å². The standard InChI is InChI=1S/C25H19F2N5O/c26-19-12-20(27)23-21(13-19)32(10-4-7-16-5-2-1-3-6-16)30-24(23)18-14-31(15-18)25(33)17-8-9-29-22(28)11-17/h1-3,5-6,8-9,11-13,18H,10,14-15H2,(H2,28,29). The highest BCUT2D eigenvalue weighted by Crippen LogP contribution is 2.34. The number of carbonyl (C=O) groups is 1. The lowest BCUT2D eigenvalue weighted by Crippen LogP contribution is -2.48. The summed E-state index contributed by atoms with van der Waals surface area (Å²) in [4.78, 5) is 18.2. The maximum Gasteiger partial charge on any atom is 0.254 e. The third-order valence-electron chi connectivity index (χ3n) is 5.62. The monoisotopic (exact) mass is 443 g/mol. The van der Waals surface area contributed by atoms with E-state index in [0.717, 1.165) is 11.6 Å². The lowest BCUT2D eigenvalue weighted by Gasteiger charge is -2.38. The van der Waals surface area contributed by atoms with Gasteiger partial charge in [-0.25, -0.2) is 13.8 Å². The number of hydrogen-bond donors (Lipinski definition) is 1. The van der Waals surface area contributed by atoms with Crippen molar-refractivity contribution < 1.29 is 13.6 Å². The van der Waals surface area contributed by atoms with Crippen molar-refractivity contribution in [2.24, 2.45) is 0 Å². The Balaban J connectivity index is 1.41. The number of fused-ring (bicyclic) bond motifs is 1. The number of hydrogen-bond acceptors (Lipinski definition) is 4. The Bertz CT molecular complexity index is 1420. The van der Waals surface area contributed by atoms with Gasteiger partial charge in [0.25, 0.3) is 5.91 Å². The third-order valence-corrected chi connectivity index (χ3v) is 5.62. The zero-order valence-corrected chi connectivity index (χ0v) is 17.5. The number of likely N-dealkylation sites (tertiary alicyclic amines) is 1. The molecule has 164 valence electrons. The molecule has 0 aliphatic carbocycles. The SMILES string of the molecule is Nc1cc(C(=O)N2CC(c3nn(CC#Cc4ccccc4)c4cc(F)cc(F)c34)C2)ccn1. The van der Waals surface area contributed by atoms with Gasteiger partial charge in [0.05, 0.1) is 16.6 Å². The van der Waals surface area contributed by atoms with Crippen LogP contribution in [0.5, 0.6) is 0 Å². The fraction of sp³-hybridized carbons (Fsp3) is 0.160. The Morgan fingerprint density at radius 3 is 2.67 bits per heavy atom. The molecule has 0 atom stereocenters. The molecule has 4 aromatic rings. The molecule has 0 saturated carbocycles. The van der Waals surface area contributed by atoms with Crippen molar-refractivity contribution in [3.05, 3.63) is 89.2 Å². The van der Waals surface area contributed by atoms with Crippen LogP contribution in [0.25, 0.3) is 10.9 Å². The largest absolute Gasteiger partial charge is 0.384 e. The Hall–Kier alpha value is -4.25. The fourth-order valence-corrected chi connectivity index (χ4v) is 3.98. The highest BCUT2D eigenvalue weighted by molar-refractivity contribution is 5.95. The van der Waals surface area contributed by atoms with Gasteiger partial charge in [0.15, 0.2) is 0 Å². The molecule has 0 unspecified atom stereocenters. The van der Waals surface area contributed by atoms with Crippen molar-refractivity contribution in [1.82, 2.24) is 19.7 Å². The van der Waals surface area contributed by atoms with Crippen LogP contribution in [0.2, 0.25) is 0 Å². The average Bonchev–Trinajstić information content (AvgIpc) is 3.11. The summed E-state index contributed by atoms with van der Waals surface area (Å²) in [7, 11) is 0. The number of halogens is 2. The lowest BCUT2D eigenvalue weighted by molar-refractivity contribution is 0.0599. The van der Waals surface area contributed by atoms with Crippen molar-refractivity contribution in [2.75, 3.05) is 18.8 Å². The van der Waals surface area contributed by atoms with E-state index in [0.29, 0.717) is 29.9 Å². The van der Waals surface area contributed by atoms with Crippen LogP contribution in [0.15, 0.2) is 60.8 Å². The lowest BCUT2D eigenvalue weighted by atomic mass is 9.93. The summed E-state index contributed by atoms with van der Waals surface area (Å²) >= 11 is 0. The van der Waals surface area contributed by atoms with Crippen LogP contribution in [-0.2, 0) is 6.54 Å². The molecule has 3 heterocycles. The van der Waals surface area contributed by atoms with Crippen LogP contribution in [0.4, 0.5) is 14.6 Å².